The predicted octanol–water partition coefficient (Wildman–Crippen LogP) is 10.5. The Kier molecular flexibility index (Phi) is 5.38. The lowest BCUT2D eigenvalue weighted by atomic mass is 10.00. The first-order valence-electron chi connectivity index (χ1n) is 14.8. The quantitative estimate of drug-likeness (QED) is 0.215. The molecular weight excluding hydrogens is 538 g/mol. The van der Waals surface area contributed by atoms with Gasteiger partial charge in [0, 0.05) is 32.8 Å². The van der Waals surface area contributed by atoms with Crippen molar-refractivity contribution in [2.24, 2.45) is 0 Å². The van der Waals surface area contributed by atoms with Gasteiger partial charge >= 0.3 is 0 Å². The maximum Gasteiger partial charge on any atom is 0.164 e. The third-order valence-electron chi connectivity index (χ3n) is 8.65. The molecule has 206 valence electrons. The standard InChI is InChI=1S/C40H25N3O/c1-24-20-22-34(35-33-23-21-27-12-4-7-17-30(27)37(33)44-36(24)35)40-42-38(31-18-8-13-25-10-2-5-15-28(25)31)41-39(43-40)32-19-9-14-26-11-3-6-16-29(26)32/h2-23H,1H3. The lowest BCUT2D eigenvalue weighted by Crippen LogP contribution is -2.01. The van der Waals surface area contributed by atoms with Gasteiger partial charge in [-0.25, -0.2) is 15.0 Å². The van der Waals surface area contributed by atoms with Gasteiger partial charge in [0.2, 0.25) is 0 Å². The van der Waals surface area contributed by atoms with Crippen LogP contribution >= 0.6 is 0 Å². The van der Waals surface area contributed by atoms with E-state index >= 15 is 0 Å². The summed E-state index contributed by atoms with van der Waals surface area (Å²) in [4.78, 5) is 15.5. The molecule has 9 rings (SSSR count). The second kappa shape index (κ2) is 9.58. The summed E-state index contributed by atoms with van der Waals surface area (Å²) in [5, 5.41) is 8.80. The fourth-order valence-electron chi connectivity index (χ4n) is 6.50. The van der Waals surface area contributed by atoms with E-state index in [0.29, 0.717) is 17.5 Å². The van der Waals surface area contributed by atoms with E-state index in [-0.39, 0.29) is 0 Å². The molecule has 2 aromatic heterocycles. The van der Waals surface area contributed by atoms with Crippen molar-refractivity contribution in [2.45, 2.75) is 6.92 Å². The summed E-state index contributed by atoms with van der Waals surface area (Å²) >= 11 is 0. The molecule has 4 nitrogen and oxygen atoms in total. The molecule has 7 aromatic carbocycles. The molecule has 0 saturated carbocycles. The first-order valence-corrected chi connectivity index (χ1v) is 14.8. The fraction of sp³-hybridized carbons (Fsp3) is 0.0250. The molecule has 0 aliphatic heterocycles. The van der Waals surface area contributed by atoms with Gasteiger partial charge < -0.3 is 4.42 Å². The third-order valence-corrected chi connectivity index (χ3v) is 8.65. The van der Waals surface area contributed by atoms with Crippen molar-refractivity contribution in [2.75, 3.05) is 0 Å². The van der Waals surface area contributed by atoms with E-state index in [1.54, 1.807) is 0 Å². The van der Waals surface area contributed by atoms with Crippen molar-refractivity contribution < 1.29 is 4.42 Å². The Morgan fingerprint density at radius 3 is 1.50 bits per heavy atom. The van der Waals surface area contributed by atoms with Crippen LogP contribution in [0.3, 0.4) is 0 Å². The molecule has 0 atom stereocenters. The zero-order valence-corrected chi connectivity index (χ0v) is 24.0. The highest BCUT2D eigenvalue weighted by Crippen LogP contribution is 2.41. The smallest absolute Gasteiger partial charge is 0.164 e. The third kappa shape index (κ3) is 3.74. The SMILES string of the molecule is Cc1ccc(-c2nc(-c3cccc4ccccc34)nc(-c3cccc4ccccc34)n2)c2c1oc1c3ccccc3ccc12. The first-order chi connectivity index (χ1) is 21.7. The molecule has 4 heteroatoms. The molecule has 44 heavy (non-hydrogen) atoms. The van der Waals surface area contributed by atoms with Gasteiger partial charge in [-0.3, -0.25) is 0 Å². The van der Waals surface area contributed by atoms with Crippen LogP contribution < -0.4 is 0 Å². The zero-order valence-electron chi connectivity index (χ0n) is 24.0. The van der Waals surface area contributed by atoms with E-state index in [9.17, 15) is 0 Å². The van der Waals surface area contributed by atoms with Crippen LogP contribution in [0.4, 0.5) is 0 Å². The van der Waals surface area contributed by atoms with Crippen LogP contribution in [0.25, 0.3) is 88.4 Å². The van der Waals surface area contributed by atoms with Crippen molar-refractivity contribution in [3.05, 3.63) is 139 Å². The molecule has 0 N–H and O–H groups in total. The highest BCUT2D eigenvalue weighted by molar-refractivity contribution is 6.19. The van der Waals surface area contributed by atoms with E-state index in [1.165, 1.54) is 0 Å². The van der Waals surface area contributed by atoms with Crippen LogP contribution in [0.5, 0.6) is 0 Å². The number of fused-ring (bicyclic) bond motifs is 7. The lowest BCUT2D eigenvalue weighted by Gasteiger charge is -2.12. The summed E-state index contributed by atoms with van der Waals surface area (Å²) in [6, 6.07) is 46.2. The van der Waals surface area contributed by atoms with Gasteiger partial charge in [0.25, 0.3) is 0 Å². The summed E-state index contributed by atoms with van der Waals surface area (Å²) < 4.78 is 6.63. The Hall–Kier alpha value is -5.87. The van der Waals surface area contributed by atoms with Crippen LogP contribution in [-0.4, -0.2) is 15.0 Å². The number of rotatable bonds is 3. The highest BCUT2D eigenvalue weighted by atomic mass is 16.3. The highest BCUT2D eigenvalue weighted by Gasteiger charge is 2.21. The fourth-order valence-corrected chi connectivity index (χ4v) is 6.50. The van der Waals surface area contributed by atoms with Gasteiger partial charge in [-0.15, -0.1) is 0 Å². The van der Waals surface area contributed by atoms with Gasteiger partial charge in [0.1, 0.15) is 11.2 Å². The van der Waals surface area contributed by atoms with Crippen LogP contribution in [0.1, 0.15) is 5.56 Å². The monoisotopic (exact) mass is 563 g/mol. The molecule has 0 fully saturated rings. The van der Waals surface area contributed by atoms with E-state index in [0.717, 1.165) is 76.5 Å². The predicted molar refractivity (Wildman–Crippen MR) is 181 cm³/mol. The molecule has 9 aromatic rings. The summed E-state index contributed by atoms with van der Waals surface area (Å²) in [6.45, 7) is 2.09. The Morgan fingerprint density at radius 2 is 0.886 bits per heavy atom. The average Bonchev–Trinajstić information content (AvgIpc) is 3.49. The van der Waals surface area contributed by atoms with Gasteiger partial charge in [-0.1, -0.05) is 127 Å². The summed E-state index contributed by atoms with van der Waals surface area (Å²) in [6.07, 6.45) is 0. The number of aromatic nitrogens is 3. The minimum absolute atomic E-state index is 0.617. The topological polar surface area (TPSA) is 51.8 Å². The molecule has 0 bridgehead atoms. The molecule has 0 aliphatic carbocycles. The molecular formula is C40H25N3O. The molecule has 0 saturated heterocycles. The molecule has 0 amide bonds. The summed E-state index contributed by atoms with van der Waals surface area (Å²) in [5.41, 5.74) is 5.67. The number of furan rings is 1. The molecule has 0 unspecified atom stereocenters. The van der Waals surface area contributed by atoms with Crippen LogP contribution in [0.2, 0.25) is 0 Å². The normalized spacial score (nSPS) is 11.8. The van der Waals surface area contributed by atoms with Crippen LogP contribution in [0, 0.1) is 6.92 Å². The Labute approximate surface area is 253 Å². The second-order valence-electron chi connectivity index (χ2n) is 11.3. The summed E-state index contributed by atoms with van der Waals surface area (Å²) in [5.74, 6) is 1.90. The Bertz CT molecular complexity index is 2470. The second-order valence-corrected chi connectivity index (χ2v) is 11.3. The number of nitrogens with zero attached hydrogens (tertiary/aromatic N) is 3. The van der Waals surface area contributed by atoms with Crippen molar-refractivity contribution in [3.63, 3.8) is 0 Å². The number of hydrogen-bond acceptors (Lipinski definition) is 4. The summed E-state index contributed by atoms with van der Waals surface area (Å²) in [7, 11) is 0. The van der Waals surface area contributed by atoms with Crippen molar-refractivity contribution in [1.82, 2.24) is 15.0 Å². The minimum Gasteiger partial charge on any atom is -0.455 e. The van der Waals surface area contributed by atoms with Gasteiger partial charge in [0.05, 0.1) is 0 Å². The number of aryl methyl sites for hydroxylation is 1. The van der Waals surface area contributed by atoms with E-state index in [4.69, 9.17) is 19.4 Å². The van der Waals surface area contributed by atoms with Gasteiger partial charge in [0.15, 0.2) is 17.5 Å². The largest absolute Gasteiger partial charge is 0.455 e. The average molecular weight is 564 g/mol. The molecule has 2 heterocycles. The molecule has 0 radical (unpaired) electrons. The molecule has 0 aliphatic rings. The van der Waals surface area contributed by atoms with E-state index in [1.807, 2.05) is 0 Å². The van der Waals surface area contributed by atoms with Gasteiger partial charge in [-0.2, -0.15) is 0 Å². The maximum absolute atomic E-state index is 6.63. The zero-order chi connectivity index (χ0) is 29.2. The molecule has 0 spiro atoms. The lowest BCUT2D eigenvalue weighted by molar-refractivity contribution is 0.669. The minimum atomic E-state index is 0.617. The Morgan fingerprint density at radius 1 is 0.386 bits per heavy atom. The first kappa shape index (κ1) is 24.7. The number of hydrogen-bond donors (Lipinski definition) is 0. The van der Waals surface area contributed by atoms with E-state index < -0.39 is 0 Å². The van der Waals surface area contributed by atoms with Crippen LogP contribution in [-0.2, 0) is 0 Å². The van der Waals surface area contributed by atoms with Crippen molar-refractivity contribution in [1.29, 1.82) is 0 Å². The van der Waals surface area contributed by atoms with Gasteiger partial charge in [-0.05, 0) is 45.5 Å². The van der Waals surface area contributed by atoms with Crippen molar-refractivity contribution in [3.8, 4) is 34.2 Å². The van der Waals surface area contributed by atoms with E-state index in [2.05, 4.69) is 140 Å². The van der Waals surface area contributed by atoms with Crippen molar-refractivity contribution >= 4 is 54.3 Å². The van der Waals surface area contributed by atoms with Crippen LogP contribution in [0.15, 0.2) is 138 Å². The maximum atomic E-state index is 6.63. The Balaban J connectivity index is 1.39. The number of benzene rings is 7.